The van der Waals surface area contributed by atoms with Crippen molar-refractivity contribution in [3.63, 3.8) is 0 Å². The number of amides is 1. The molecule has 0 unspecified atom stereocenters. The lowest BCUT2D eigenvalue weighted by Crippen LogP contribution is -2.61. The van der Waals surface area contributed by atoms with Gasteiger partial charge in [0, 0.05) is 0 Å². The Kier molecular flexibility index (Phi) is 5.17. The molecule has 2 atom stereocenters. The molecule has 10 heteroatoms. The molecule has 4 bridgehead atoms. The van der Waals surface area contributed by atoms with Crippen LogP contribution in [0.4, 0.5) is 0 Å². The van der Waals surface area contributed by atoms with Crippen LogP contribution < -0.4 is 10.2 Å². The number of hydrogen-bond acceptors (Lipinski definition) is 7. The molecule has 7 rings (SSSR count). The first kappa shape index (κ1) is 21.3. The fraction of sp³-hybridized carbons (Fsp3) is 0.458. The van der Waals surface area contributed by atoms with Crippen molar-refractivity contribution in [1.82, 2.24) is 25.6 Å². The van der Waals surface area contributed by atoms with Crippen LogP contribution in [0.1, 0.15) is 50.0 Å². The number of nitrogens with one attached hydrogen (secondary N) is 1. The number of carbonyl (C=O) groups excluding carboxylic acids is 1. The van der Waals surface area contributed by atoms with E-state index >= 15 is 0 Å². The highest BCUT2D eigenvalue weighted by Crippen LogP contribution is 2.63. The SMILES string of the molecule is O=C(N/N=C/c1ccc(COc2ccccc2Cl)o1)C12C[C@@H]3C[C@@H](C1)CC(n1ncnn1)(C3)C2. The molecule has 3 aromatic rings. The predicted octanol–water partition coefficient (Wildman–Crippen LogP) is 3.94. The third-order valence-corrected chi connectivity index (χ3v) is 7.84. The average molecular weight is 481 g/mol. The number of hydrogen-bond donors (Lipinski definition) is 1. The summed E-state index contributed by atoms with van der Waals surface area (Å²) >= 11 is 6.12. The third-order valence-electron chi connectivity index (χ3n) is 7.53. The highest BCUT2D eigenvalue weighted by Gasteiger charge is 2.62. The van der Waals surface area contributed by atoms with Crippen molar-refractivity contribution in [2.75, 3.05) is 0 Å². The van der Waals surface area contributed by atoms with Gasteiger partial charge in [0.2, 0.25) is 5.91 Å². The van der Waals surface area contributed by atoms with Crippen LogP contribution in [-0.4, -0.2) is 32.3 Å². The van der Waals surface area contributed by atoms with E-state index in [2.05, 4.69) is 25.9 Å². The molecule has 9 nitrogen and oxygen atoms in total. The maximum Gasteiger partial charge on any atom is 0.246 e. The zero-order valence-corrected chi connectivity index (χ0v) is 19.3. The number of benzene rings is 1. The number of tetrazole rings is 1. The number of para-hydroxylation sites is 1. The van der Waals surface area contributed by atoms with Gasteiger partial charge in [-0.2, -0.15) is 9.90 Å². The van der Waals surface area contributed by atoms with Crippen LogP contribution in [0.15, 0.2) is 52.2 Å². The second-order valence-corrected chi connectivity index (χ2v) is 10.3. The number of ether oxygens (including phenoxy) is 1. The lowest BCUT2D eigenvalue weighted by molar-refractivity contribution is -0.157. The second kappa shape index (κ2) is 8.23. The van der Waals surface area contributed by atoms with Crippen molar-refractivity contribution in [2.45, 2.75) is 50.7 Å². The smallest absolute Gasteiger partial charge is 0.246 e. The Bertz CT molecular complexity index is 1210. The van der Waals surface area contributed by atoms with Gasteiger partial charge in [0.05, 0.1) is 22.2 Å². The van der Waals surface area contributed by atoms with Gasteiger partial charge in [-0.05, 0) is 79.8 Å². The van der Waals surface area contributed by atoms with Crippen LogP contribution in [0.2, 0.25) is 5.02 Å². The molecule has 1 aromatic carbocycles. The Hall–Kier alpha value is -3.20. The molecule has 0 saturated heterocycles. The van der Waals surface area contributed by atoms with Crippen molar-refractivity contribution < 1.29 is 13.9 Å². The van der Waals surface area contributed by atoms with Crippen LogP contribution in [0, 0.1) is 17.3 Å². The van der Waals surface area contributed by atoms with Gasteiger partial charge < -0.3 is 9.15 Å². The van der Waals surface area contributed by atoms with Gasteiger partial charge in [0.15, 0.2) is 6.33 Å². The number of furan rings is 1. The average Bonchev–Trinajstić information content (AvgIpc) is 3.51. The highest BCUT2D eigenvalue weighted by atomic mass is 35.5. The normalized spacial score (nSPS) is 29.6. The summed E-state index contributed by atoms with van der Waals surface area (Å²) in [6, 6.07) is 10.9. The third kappa shape index (κ3) is 3.77. The topological polar surface area (TPSA) is 107 Å². The van der Waals surface area contributed by atoms with Gasteiger partial charge in [-0.3, -0.25) is 4.79 Å². The molecule has 1 N–H and O–H groups in total. The van der Waals surface area contributed by atoms with E-state index in [1.807, 2.05) is 18.2 Å². The molecule has 176 valence electrons. The maximum absolute atomic E-state index is 13.3. The van der Waals surface area contributed by atoms with Crippen LogP contribution in [0.3, 0.4) is 0 Å². The quantitative estimate of drug-likeness (QED) is 0.405. The van der Waals surface area contributed by atoms with Crippen molar-refractivity contribution in [3.05, 3.63) is 59.3 Å². The lowest BCUT2D eigenvalue weighted by atomic mass is 9.46. The maximum atomic E-state index is 13.3. The molecule has 4 aliphatic rings. The second-order valence-electron chi connectivity index (χ2n) is 9.91. The van der Waals surface area contributed by atoms with Crippen molar-refractivity contribution >= 4 is 23.7 Å². The molecule has 2 aromatic heterocycles. The van der Waals surface area contributed by atoms with E-state index in [-0.39, 0.29) is 18.1 Å². The molecule has 4 fully saturated rings. The standard InChI is InChI=1S/C24H25ClN6O3/c25-20-3-1-2-4-21(20)33-13-19-6-5-18(34-19)12-26-29-22(32)23-8-16-7-17(9-23)11-24(10-16,14-23)31-28-15-27-30-31/h1-6,12,15-17H,7-11,13-14H2,(H,29,32)/b26-12+/t16-,17-,23?,24?/m0/s1. The minimum absolute atomic E-state index is 0.0313. The first-order valence-electron chi connectivity index (χ1n) is 11.6. The Balaban J connectivity index is 1.10. The van der Waals surface area contributed by atoms with E-state index in [4.69, 9.17) is 20.8 Å². The molecule has 4 saturated carbocycles. The molecule has 0 aliphatic heterocycles. The predicted molar refractivity (Wildman–Crippen MR) is 123 cm³/mol. The van der Waals surface area contributed by atoms with Crippen molar-refractivity contribution in [2.24, 2.45) is 22.4 Å². The molecule has 0 radical (unpaired) electrons. The van der Waals surface area contributed by atoms with Crippen LogP contribution >= 0.6 is 11.6 Å². The van der Waals surface area contributed by atoms with E-state index in [0.717, 1.165) is 32.1 Å². The zero-order chi connectivity index (χ0) is 23.2. The van der Waals surface area contributed by atoms with Gasteiger partial charge >= 0.3 is 0 Å². The molecule has 2 heterocycles. The molecule has 34 heavy (non-hydrogen) atoms. The van der Waals surface area contributed by atoms with E-state index in [1.165, 1.54) is 19.0 Å². The van der Waals surface area contributed by atoms with E-state index in [9.17, 15) is 4.79 Å². The number of carbonyl (C=O) groups is 1. The van der Waals surface area contributed by atoms with Crippen LogP contribution in [0.25, 0.3) is 0 Å². The Labute approximate surface area is 201 Å². The number of nitrogens with zero attached hydrogens (tertiary/aromatic N) is 5. The van der Waals surface area contributed by atoms with Gasteiger partial charge in [-0.15, -0.1) is 10.2 Å². The van der Waals surface area contributed by atoms with Crippen LogP contribution in [-0.2, 0) is 16.9 Å². The van der Waals surface area contributed by atoms with E-state index in [1.54, 1.807) is 23.0 Å². The summed E-state index contributed by atoms with van der Waals surface area (Å²) < 4.78 is 11.4. The van der Waals surface area contributed by atoms with E-state index in [0.29, 0.717) is 34.1 Å². The summed E-state index contributed by atoms with van der Waals surface area (Å²) in [5.41, 5.74) is 2.13. The fourth-order valence-electron chi connectivity index (χ4n) is 6.62. The first-order valence-corrected chi connectivity index (χ1v) is 11.9. The fourth-order valence-corrected chi connectivity index (χ4v) is 6.81. The van der Waals surface area contributed by atoms with Crippen molar-refractivity contribution in [1.29, 1.82) is 0 Å². The Morgan fingerprint density at radius 2 is 2.06 bits per heavy atom. The molecule has 0 spiro atoms. The summed E-state index contributed by atoms with van der Waals surface area (Å²) in [5, 5.41) is 17.2. The number of rotatable bonds is 7. The van der Waals surface area contributed by atoms with E-state index < -0.39 is 5.41 Å². The minimum atomic E-state index is -0.438. The number of hydrazone groups is 1. The highest BCUT2D eigenvalue weighted by molar-refractivity contribution is 6.32. The summed E-state index contributed by atoms with van der Waals surface area (Å²) in [6.45, 7) is 0.244. The van der Waals surface area contributed by atoms with Crippen molar-refractivity contribution in [3.8, 4) is 5.75 Å². The lowest BCUT2D eigenvalue weighted by Gasteiger charge is -2.60. The van der Waals surface area contributed by atoms with Gasteiger partial charge in [0.25, 0.3) is 0 Å². The van der Waals surface area contributed by atoms with Gasteiger partial charge in [-0.25, -0.2) is 5.43 Å². The summed E-state index contributed by atoms with van der Waals surface area (Å²) in [6.07, 6.45) is 8.73. The van der Waals surface area contributed by atoms with Crippen LogP contribution in [0.5, 0.6) is 5.75 Å². The Morgan fingerprint density at radius 3 is 2.82 bits per heavy atom. The largest absolute Gasteiger partial charge is 0.484 e. The Morgan fingerprint density at radius 1 is 1.24 bits per heavy atom. The molecule has 1 amide bonds. The van der Waals surface area contributed by atoms with Gasteiger partial charge in [0.1, 0.15) is 23.9 Å². The minimum Gasteiger partial charge on any atom is -0.484 e. The first-order chi connectivity index (χ1) is 16.5. The zero-order valence-electron chi connectivity index (χ0n) is 18.6. The summed E-state index contributed by atoms with van der Waals surface area (Å²) in [7, 11) is 0. The molecule has 4 aliphatic carbocycles. The molecular formula is C24H25ClN6O3. The monoisotopic (exact) mass is 480 g/mol. The molecular weight excluding hydrogens is 456 g/mol. The number of aromatic nitrogens is 4. The van der Waals surface area contributed by atoms with Gasteiger partial charge in [-0.1, -0.05) is 23.7 Å². The summed E-state index contributed by atoms with van der Waals surface area (Å²) in [5.74, 6) is 2.75. The number of halogens is 1. The summed E-state index contributed by atoms with van der Waals surface area (Å²) in [4.78, 5) is 15.1.